The zero-order valence-corrected chi connectivity index (χ0v) is 14.9. The number of carbonyl (C=O) groups excluding carboxylic acids is 2. The lowest BCUT2D eigenvalue weighted by molar-refractivity contribution is -0.139. The average Bonchev–Trinajstić information content (AvgIpc) is 2.53. The predicted octanol–water partition coefficient (Wildman–Crippen LogP) is 2.37. The Balaban J connectivity index is 1.89. The highest BCUT2D eigenvalue weighted by molar-refractivity contribution is 5.81. The first-order valence-corrected chi connectivity index (χ1v) is 8.36. The molecule has 2 amide bonds. The summed E-state index contributed by atoms with van der Waals surface area (Å²) in [4.78, 5) is 27.6. The van der Waals surface area contributed by atoms with Gasteiger partial charge in [0.2, 0.25) is 0 Å². The van der Waals surface area contributed by atoms with Crippen molar-refractivity contribution in [2.24, 2.45) is 0 Å². The quantitative estimate of drug-likeness (QED) is 0.848. The maximum atomic E-state index is 12.5. The highest BCUT2D eigenvalue weighted by atomic mass is 16.6. The van der Waals surface area contributed by atoms with Crippen LogP contribution in [-0.4, -0.2) is 60.7 Å². The third-order valence-corrected chi connectivity index (χ3v) is 3.97. The molecule has 1 fully saturated rings. The molecular formula is C18H26N2O4. The SMILES string of the molecule is CCOC(=O)N1CCN(C(=O)[C@@H](C)Oc2cc(C)cc(C)c2)CC1. The molecule has 24 heavy (non-hydrogen) atoms. The summed E-state index contributed by atoms with van der Waals surface area (Å²) in [5.41, 5.74) is 2.21. The van der Waals surface area contributed by atoms with Crippen molar-refractivity contribution in [3.8, 4) is 5.75 Å². The van der Waals surface area contributed by atoms with Crippen molar-refractivity contribution >= 4 is 12.0 Å². The van der Waals surface area contributed by atoms with E-state index in [1.54, 1.807) is 23.6 Å². The summed E-state index contributed by atoms with van der Waals surface area (Å²) in [6, 6.07) is 5.92. The van der Waals surface area contributed by atoms with E-state index in [1.165, 1.54) is 0 Å². The van der Waals surface area contributed by atoms with Crippen LogP contribution >= 0.6 is 0 Å². The van der Waals surface area contributed by atoms with Crippen LogP contribution in [0, 0.1) is 13.8 Å². The summed E-state index contributed by atoms with van der Waals surface area (Å²) < 4.78 is 10.8. The van der Waals surface area contributed by atoms with Gasteiger partial charge in [-0.15, -0.1) is 0 Å². The van der Waals surface area contributed by atoms with Crippen molar-refractivity contribution in [3.63, 3.8) is 0 Å². The van der Waals surface area contributed by atoms with E-state index >= 15 is 0 Å². The fourth-order valence-corrected chi connectivity index (χ4v) is 2.84. The fourth-order valence-electron chi connectivity index (χ4n) is 2.84. The van der Waals surface area contributed by atoms with E-state index in [1.807, 2.05) is 26.0 Å². The van der Waals surface area contributed by atoms with Crippen molar-refractivity contribution in [1.29, 1.82) is 0 Å². The molecule has 1 heterocycles. The topological polar surface area (TPSA) is 59.1 Å². The molecule has 0 bridgehead atoms. The second-order valence-corrected chi connectivity index (χ2v) is 6.09. The number of hydrogen-bond acceptors (Lipinski definition) is 4. The van der Waals surface area contributed by atoms with Crippen LogP contribution in [0.25, 0.3) is 0 Å². The van der Waals surface area contributed by atoms with Gasteiger partial charge >= 0.3 is 6.09 Å². The molecule has 1 aromatic rings. The maximum Gasteiger partial charge on any atom is 0.409 e. The fraction of sp³-hybridized carbons (Fsp3) is 0.556. The Bertz CT molecular complexity index is 574. The molecule has 132 valence electrons. The lowest BCUT2D eigenvalue weighted by atomic mass is 10.1. The van der Waals surface area contributed by atoms with Gasteiger partial charge in [0.05, 0.1) is 6.61 Å². The van der Waals surface area contributed by atoms with Crippen molar-refractivity contribution in [2.45, 2.75) is 33.8 Å². The van der Waals surface area contributed by atoms with Crippen LogP contribution in [-0.2, 0) is 9.53 Å². The number of benzene rings is 1. The van der Waals surface area contributed by atoms with Gasteiger partial charge in [0.1, 0.15) is 5.75 Å². The van der Waals surface area contributed by atoms with Crippen molar-refractivity contribution in [3.05, 3.63) is 29.3 Å². The number of amides is 2. The minimum Gasteiger partial charge on any atom is -0.481 e. The molecule has 0 radical (unpaired) electrons. The molecule has 0 N–H and O–H groups in total. The molecule has 1 aromatic carbocycles. The van der Waals surface area contributed by atoms with Crippen LogP contribution in [0.3, 0.4) is 0 Å². The number of piperazine rings is 1. The first kappa shape index (κ1) is 18.1. The first-order valence-electron chi connectivity index (χ1n) is 8.36. The normalized spacial score (nSPS) is 15.8. The van der Waals surface area contributed by atoms with E-state index in [9.17, 15) is 9.59 Å². The molecule has 6 nitrogen and oxygen atoms in total. The molecular weight excluding hydrogens is 308 g/mol. The summed E-state index contributed by atoms with van der Waals surface area (Å²) in [6.07, 6.45) is -0.871. The minimum absolute atomic E-state index is 0.0577. The molecule has 6 heteroatoms. The Morgan fingerprint density at radius 3 is 2.12 bits per heavy atom. The van der Waals surface area contributed by atoms with Gasteiger partial charge in [0.15, 0.2) is 6.10 Å². The monoisotopic (exact) mass is 334 g/mol. The van der Waals surface area contributed by atoms with Crippen LogP contribution in [0.15, 0.2) is 18.2 Å². The van der Waals surface area contributed by atoms with E-state index in [2.05, 4.69) is 6.07 Å². The molecule has 2 rings (SSSR count). The van der Waals surface area contributed by atoms with Gasteiger partial charge in [-0.05, 0) is 51.0 Å². The molecule has 0 spiro atoms. The molecule has 1 aliphatic heterocycles. The molecule has 0 aliphatic carbocycles. The van der Waals surface area contributed by atoms with Crippen molar-refractivity contribution < 1.29 is 19.1 Å². The Morgan fingerprint density at radius 2 is 1.58 bits per heavy atom. The molecule has 1 saturated heterocycles. The van der Waals surface area contributed by atoms with Gasteiger partial charge in [-0.3, -0.25) is 4.79 Å². The van der Waals surface area contributed by atoms with Crippen LogP contribution < -0.4 is 4.74 Å². The lowest BCUT2D eigenvalue weighted by Gasteiger charge is -2.35. The van der Waals surface area contributed by atoms with Gasteiger partial charge in [-0.25, -0.2) is 4.79 Å². The van der Waals surface area contributed by atoms with Crippen LogP contribution in [0.1, 0.15) is 25.0 Å². The second kappa shape index (κ2) is 8.04. The van der Waals surface area contributed by atoms with E-state index in [4.69, 9.17) is 9.47 Å². The number of hydrogen-bond donors (Lipinski definition) is 0. The number of aryl methyl sites for hydroxylation is 2. The Labute approximate surface area is 143 Å². The summed E-state index contributed by atoms with van der Waals surface area (Å²) in [5, 5.41) is 0. The zero-order valence-electron chi connectivity index (χ0n) is 14.9. The molecule has 0 saturated carbocycles. The minimum atomic E-state index is -0.555. The number of carbonyl (C=O) groups is 2. The largest absolute Gasteiger partial charge is 0.481 e. The Hall–Kier alpha value is -2.24. The molecule has 1 aliphatic rings. The Morgan fingerprint density at radius 1 is 1.04 bits per heavy atom. The van der Waals surface area contributed by atoms with E-state index in [-0.39, 0.29) is 12.0 Å². The second-order valence-electron chi connectivity index (χ2n) is 6.09. The summed E-state index contributed by atoms with van der Waals surface area (Å²) >= 11 is 0. The van der Waals surface area contributed by atoms with Crippen LogP contribution in [0.4, 0.5) is 4.79 Å². The van der Waals surface area contributed by atoms with Crippen LogP contribution in [0.2, 0.25) is 0 Å². The van der Waals surface area contributed by atoms with E-state index in [0.29, 0.717) is 38.5 Å². The number of nitrogens with zero attached hydrogens (tertiary/aromatic N) is 2. The third kappa shape index (κ3) is 4.63. The third-order valence-electron chi connectivity index (χ3n) is 3.97. The number of ether oxygens (including phenoxy) is 2. The highest BCUT2D eigenvalue weighted by Gasteiger charge is 2.28. The molecule has 0 aromatic heterocycles. The van der Waals surface area contributed by atoms with E-state index in [0.717, 1.165) is 11.1 Å². The smallest absolute Gasteiger partial charge is 0.409 e. The van der Waals surface area contributed by atoms with Crippen molar-refractivity contribution in [1.82, 2.24) is 9.80 Å². The zero-order chi connectivity index (χ0) is 17.7. The van der Waals surface area contributed by atoms with Gasteiger partial charge in [-0.1, -0.05) is 6.07 Å². The highest BCUT2D eigenvalue weighted by Crippen LogP contribution is 2.18. The van der Waals surface area contributed by atoms with Crippen molar-refractivity contribution in [2.75, 3.05) is 32.8 Å². The maximum absolute atomic E-state index is 12.5. The van der Waals surface area contributed by atoms with Gasteiger partial charge < -0.3 is 19.3 Å². The Kier molecular flexibility index (Phi) is 6.06. The lowest BCUT2D eigenvalue weighted by Crippen LogP contribution is -2.53. The summed E-state index contributed by atoms with van der Waals surface area (Å²) in [5.74, 6) is 0.649. The standard InChI is InChI=1S/C18H26N2O4/c1-5-23-18(22)20-8-6-19(7-9-20)17(21)15(4)24-16-11-13(2)10-14(3)12-16/h10-12,15H,5-9H2,1-4H3/t15-/m1/s1. The summed E-state index contributed by atoms with van der Waals surface area (Å²) in [6.45, 7) is 9.88. The predicted molar refractivity (Wildman–Crippen MR) is 91.2 cm³/mol. The van der Waals surface area contributed by atoms with Crippen LogP contribution in [0.5, 0.6) is 5.75 Å². The number of rotatable bonds is 4. The van der Waals surface area contributed by atoms with E-state index < -0.39 is 6.10 Å². The first-order chi connectivity index (χ1) is 11.4. The molecule has 1 atom stereocenters. The summed E-state index contributed by atoms with van der Waals surface area (Å²) in [7, 11) is 0. The van der Waals surface area contributed by atoms with Gasteiger partial charge in [0.25, 0.3) is 5.91 Å². The average molecular weight is 334 g/mol. The van der Waals surface area contributed by atoms with Gasteiger partial charge in [-0.2, -0.15) is 0 Å². The molecule has 0 unspecified atom stereocenters. The van der Waals surface area contributed by atoms with Gasteiger partial charge in [0, 0.05) is 26.2 Å².